The highest BCUT2D eigenvalue weighted by Gasteiger charge is 2.34. The molecule has 3 heterocycles. The number of pyridine rings is 1. The lowest BCUT2D eigenvalue weighted by Crippen LogP contribution is -2.40. The molecular weight excluding hydrogens is 452 g/mol. The van der Waals surface area contributed by atoms with Gasteiger partial charge in [-0.15, -0.1) is 0 Å². The smallest absolute Gasteiger partial charge is 0.368 e. The van der Waals surface area contributed by atoms with Crippen LogP contribution in [-0.2, 0) is 12.7 Å². The average molecular weight is 473 g/mol. The summed E-state index contributed by atoms with van der Waals surface area (Å²) in [6.07, 6.45) is 0.710. The van der Waals surface area contributed by atoms with Crippen molar-refractivity contribution < 1.29 is 22.4 Å². The number of alkyl halides is 4. The number of aryl methyl sites for hydroxylation is 1. The van der Waals surface area contributed by atoms with Gasteiger partial charge in [-0.1, -0.05) is 17.7 Å². The zero-order valence-corrected chi connectivity index (χ0v) is 17.6. The molecule has 3 aromatic rings. The topological polar surface area (TPSA) is 76.2 Å². The Labute approximate surface area is 185 Å². The molecule has 1 saturated carbocycles. The Morgan fingerprint density at radius 3 is 2.56 bits per heavy atom. The molecule has 0 atom stereocenters. The van der Waals surface area contributed by atoms with Crippen molar-refractivity contribution in [3.05, 3.63) is 47.0 Å². The Hall–Kier alpha value is -2.82. The molecule has 32 heavy (non-hydrogen) atoms. The van der Waals surface area contributed by atoms with E-state index < -0.39 is 18.5 Å². The summed E-state index contributed by atoms with van der Waals surface area (Å²) in [5, 5.41) is 10.2. The fraction of sp³-hybridized carbons (Fsp3) is 0.450. The third-order valence-electron chi connectivity index (χ3n) is 5.47. The minimum absolute atomic E-state index is 0.0257. The summed E-state index contributed by atoms with van der Waals surface area (Å²) in [6.45, 7) is -0.585. The number of hydrogen-bond donors (Lipinski definition) is 2. The number of aromatic nitrogens is 4. The van der Waals surface area contributed by atoms with Crippen molar-refractivity contribution in [3.63, 3.8) is 0 Å². The lowest BCUT2D eigenvalue weighted by atomic mass is 9.91. The van der Waals surface area contributed by atoms with Crippen molar-refractivity contribution >= 4 is 29.0 Å². The minimum atomic E-state index is -4.51. The Morgan fingerprint density at radius 2 is 1.88 bits per heavy atom. The van der Waals surface area contributed by atoms with Gasteiger partial charge in [0.05, 0.1) is 12.1 Å². The highest BCUT2D eigenvalue weighted by molar-refractivity contribution is 6.32. The summed E-state index contributed by atoms with van der Waals surface area (Å²) in [6, 6.07) is 4.86. The van der Waals surface area contributed by atoms with E-state index in [1.165, 1.54) is 21.3 Å². The molecule has 172 valence electrons. The zero-order valence-electron chi connectivity index (χ0n) is 16.9. The van der Waals surface area contributed by atoms with Crippen LogP contribution in [0.1, 0.15) is 41.7 Å². The van der Waals surface area contributed by atoms with Crippen LogP contribution in [0.2, 0.25) is 5.15 Å². The van der Waals surface area contributed by atoms with Gasteiger partial charge in [0.2, 0.25) is 0 Å². The van der Waals surface area contributed by atoms with Crippen molar-refractivity contribution in [2.24, 2.45) is 0 Å². The molecule has 0 aliphatic heterocycles. The molecule has 1 aliphatic carbocycles. The van der Waals surface area contributed by atoms with Crippen LogP contribution < -0.4 is 10.6 Å². The van der Waals surface area contributed by atoms with Crippen LogP contribution in [0.5, 0.6) is 0 Å². The largest absolute Gasteiger partial charge is 0.434 e. The molecule has 0 spiro atoms. The Bertz CT molecular complexity index is 1100. The number of amides is 1. The second kappa shape index (κ2) is 8.97. The molecule has 1 fully saturated rings. The van der Waals surface area contributed by atoms with Crippen LogP contribution >= 0.6 is 11.6 Å². The predicted octanol–water partition coefficient (Wildman–Crippen LogP) is 4.33. The van der Waals surface area contributed by atoms with Gasteiger partial charge >= 0.3 is 6.18 Å². The van der Waals surface area contributed by atoms with E-state index >= 15 is 0 Å². The fourth-order valence-corrected chi connectivity index (χ4v) is 4.10. The number of rotatable bonds is 6. The molecule has 7 nitrogen and oxygen atoms in total. The van der Waals surface area contributed by atoms with E-state index in [1.807, 2.05) is 0 Å². The van der Waals surface area contributed by atoms with Gasteiger partial charge in [-0.25, -0.2) is 9.37 Å². The number of halogens is 5. The normalized spacial score (nSPS) is 19.3. The van der Waals surface area contributed by atoms with Crippen LogP contribution in [0.15, 0.2) is 30.6 Å². The first kappa shape index (κ1) is 22.4. The molecule has 0 bridgehead atoms. The number of nitrogens with one attached hydrogen (secondary N) is 2. The van der Waals surface area contributed by atoms with E-state index in [1.54, 1.807) is 12.1 Å². The van der Waals surface area contributed by atoms with E-state index in [9.17, 15) is 22.4 Å². The van der Waals surface area contributed by atoms with Crippen LogP contribution in [0.4, 0.5) is 23.4 Å². The molecule has 0 unspecified atom stereocenters. The number of fused-ring (bicyclic) bond motifs is 1. The molecule has 4 rings (SSSR count). The first-order chi connectivity index (χ1) is 15.2. The van der Waals surface area contributed by atoms with Crippen LogP contribution in [0.25, 0.3) is 5.65 Å². The maximum Gasteiger partial charge on any atom is 0.434 e. The fourth-order valence-electron chi connectivity index (χ4n) is 3.87. The van der Waals surface area contributed by atoms with Crippen LogP contribution in [0.3, 0.4) is 0 Å². The Balaban J connectivity index is 1.35. The third-order valence-corrected chi connectivity index (χ3v) is 5.75. The van der Waals surface area contributed by atoms with Crippen LogP contribution in [0, 0.1) is 0 Å². The summed E-state index contributed by atoms with van der Waals surface area (Å²) in [4.78, 5) is 16.1. The molecule has 0 aromatic carbocycles. The highest BCUT2D eigenvalue weighted by atomic mass is 35.5. The van der Waals surface area contributed by atoms with Gasteiger partial charge in [-0.2, -0.15) is 18.3 Å². The van der Waals surface area contributed by atoms with Gasteiger partial charge in [0, 0.05) is 24.5 Å². The Morgan fingerprint density at radius 1 is 1.16 bits per heavy atom. The van der Waals surface area contributed by atoms with E-state index in [-0.39, 0.29) is 40.9 Å². The van der Waals surface area contributed by atoms with Gasteiger partial charge in [0.1, 0.15) is 18.1 Å². The number of anilines is 1. The van der Waals surface area contributed by atoms with Crippen molar-refractivity contribution in [3.8, 4) is 0 Å². The maximum atomic E-state index is 13.0. The minimum Gasteiger partial charge on any atom is -0.368 e. The van der Waals surface area contributed by atoms with E-state index in [2.05, 4.69) is 20.7 Å². The Kier molecular flexibility index (Phi) is 6.27. The predicted molar refractivity (Wildman–Crippen MR) is 111 cm³/mol. The summed E-state index contributed by atoms with van der Waals surface area (Å²) in [5.41, 5.74) is -0.521. The molecule has 1 aliphatic rings. The number of nitrogens with zero attached hydrogens (tertiary/aromatic N) is 4. The molecule has 2 N–H and O–H groups in total. The first-order valence-electron chi connectivity index (χ1n) is 10.2. The van der Waals surface area contributed by atoms with Crippen molar-refractivity contribution in [2.45, 2.75) is 50.5 Å². The number of hydrogen-bond acceptors (Lipinski definition) is 4. The van der Waals surface area contributed by atoms with Crippen molar-refractivity contribution in [2.75, 3.05) is 12.0 Å². The van der Waals surface area contributed by atoms with Gasteiger partial charge in [-0.3, -0.25) is 13.9 Å². The molecule has 0 radical (unpaired) electrons. The lowest BCUT2D eigenvalue weighted by molar-refractivity contribution is -0.140. The maximum absolute atomic E-state index is 13.0. The third kappa shape index (κ3) is 4.82. The monoisotopic (exact) mass is 472 g/mol. The van der Waals surface area contributed by atoms with Crippen molar-refractivity contribution in [1.29, 1.82) is 0 Å². The molecule has 0 saturated heterocycles. The van der Waals surface area contributed by atoms with E-state index in [0.717, 1.165) is 19.0 Å². The molecule has 12 heteroatoms. The van der Waals surface area contributed by atoms with E-state index in [0.29, 0.717) is 18.7 Å². The SMILES string of the molecule is O=C(NC1CCC(Nc2cccc3nc(C(F)(F)F)cn23)CC1)c1cn(CCF)nc1Cl. The standard InChI is InChI=1S/C20H21ClF4N6O/c21-18-14(10-30(29-18)9-8-22)19(32)27-13-6-4-12(5-7-13)26-16-2-1-3-17-28-15(11-31(16)17)20(23,24)25/h1-3,10-13,26H,4-9H2,(H,27,32). The second-order valence-corrected chi connectivity index (χ2v) is 8.07. The van der Waals surface area contributed by atoms with Crippen LogP contribution in [-0.4, -0.2) is 43.8 Å². The number of carbonyl (C=O) groups excluding carboxylic acids is 1. The van der Waals surface area contributed by atoms with Crippen molar-refractivity contribution in [1.82, 2.24) is 24.5 Å². The number of carbonyl (C=O) groups is 1. The number of imidazole rings is 1. The van der Waals surface area contributed by atoms with Gasteiger partial charge in [0.15, 0.2) is 10.8 Å². The second-order valence-electron chi connectivity index (χ2n) is 7.72. The van der Waals surface area contributed by atoms with E-state index in [4.69, 9.17) is 11.6 Å². The van der Waals surface area contributed by atoms with Gasteiger partial charge < -0.3 is 10.6 Å². The molecule has 3 aromatic heterocycles. The van der Waals surface area contributed by atoms with Gasteiger partial charge in [0.25, 0.3) is 5.91 Å². The molecule has 1 amide bonds. The summed E-state index contributed by atoms with van der Waals surface area (Å²) < 4.78 is 54.1. The van der Waals surface area contributed by atoms with Gasteiger partial charge in [-0.05, 0) is 37.8 Å². The molecular formula is C20H21ClF4N6O. The zero-order chi connectivity index (χ0) is 22.9. The quantitative estimate of drug-likeness (QED) is 0.524. The summed E-state index contributed by atoms with van der Waals surface area (Å²) in [7, 11) is 0. The summed E-state index contributed by atoms with van der Waals surface area (Å²) in [5.74, 6) is 0.171. The lowest BCUT2D eigenvalue weighted by Gasteiger charge is -2.30. The summed E-state index contributed by atoms with van der Waals surface area (Å²) >= 11 is 5.98. The highest BCUT2D eigenvalue weighted by Crippen LogP contribution is 2.30. The first-order valence-corrected chi connectivity index (χ1v) is 10.5. The average Bonchev–Trinajstić information content (AvgIpc) is 3.34.